The summed E-state index contributed by atoms with van der Waals surface area (Å²) in [5.74, 6) is 0.362. The lowest BCUT2D eigenvalue weighted by Crippen LogP contribution is -2.26. The van der Waals surface area contributed by atoms with E-state index < -0.39 is 5.97 Å². The lowest BCUT2D eigenvalue weighted by molar-refractivity contribution is -0.142. The first-order valence-corrected chi connectivity index (χ1v) is 7.60. The molecule has 3 nitrogen and oxygen atoms in total. The van der Waals surface area contributed by atoms with Gasteiger partial charge in [0, 0.05) is 6.54 Å². The summed E-state index contributed by atoms with van der Waals surface area (Å²) in [4.78, 5) is 11.0. The maximum Gasteiger partial charge on any atom is 0.307 e. The minimum Gasteiger partial charge on any atom is -0.481 e. The summed E-state index contributed by atoms with van der Waals surface area (Å²) in [5.41, 5.74) is 5.53. The first-order chi connectivity index (χ1) is 8.67. The summed E-state index contributed by atoms with van der Waals surface area (Å²) in [6, 6.07) is 0. The van der Waals surface area contributed by atoms with Crippen LogP contribution in [0.3, 0.4) is 0 Å². The molecule has 3 heteroatoms. The highest BCUT2D eigenvalue weighted by atomic mass is 16.4. The van der Waals surface area contributed by atoms with Gasteiger partial charge in [0.15, 0.2) is 0 Å². The lowest BCUT2D eigenvalue weighted by Gasteiger charge is -2.25. The number of hydrogen-bond acceptors (Lipinski definition) is 2. The normalized spacial score (nSPS) is 20.6. The third-order valence-electron chi connectivity index (χ3n) is 4.54. The van der Waals surface area contributed by atoms with Gasteiger partial charge >= 0.3 is 5.97 Å². The zero-order valence-electron chi connectivity index (χ0n) is 11.7. The molecule has 0 unspecified atom stereocenters. The van der Waals surface area contributed by atoms with Gasteiger partial charge in [-0.2, -0.15) is 0 Å². The molecular formula is C15H29NO2. The van der Waals surface area contributed by atoms with Gasteiger partial charge in [-0.15, -0.1) is 0 Å². The highest BCUT2D eigenvalue weighted by Crippen LogP contribution is 2.30. The van der Waals surface area contributed by atoms with E-state index in [1.165, 1.54) is 44.9 Å². The molecule has 0 aromatic heterocycles. The van der Waals surface area contributed by atoms with Gasteiger partial charge in [-0.05, 0) is 18.3 Å². The molecule has 1 aliphatic rings. The van der Waals surface area contributed by atoms with Crippen LogP contribution in [0.5, 0.6) is 0 Å². The SMILES string of the molecule is CC[C@@H](CCC1CCCCC1)C[C@H](CN)C(=O)O. The van der Waals surface area contributed by atoms with Gasteiger partial charge in [0.25, 0.3) is 0 Å². The maximum absolute atomic E-state index is 11.0. The van der Waals surface area contributed by atoms with Crippen LogP contribution < -0.4 is 5.73 Å². The van der Waals surface area contributed by atoms with E-state index in [0.717, 1.165) is 18.8 Å². The topological polar surface area (TPSA) is 63.3 Å². The van der Waals surface area contributed by atoms with Crippen molar-refractivity contribution in [1.29, 1.82) is 0 Å². The van der Waals surface area contributed by atoms with Crippen molar-refractivity contribution in [1.82, 2.24) is 0 Å². The Hall–Kier alpha value is -0.570. The third-order valence-corrected chi connectivity index (χ3v) is 4.54. The Morgan fingerprint density at radius 1 is 1.33 bits per heavy atom. The molecule has 1 aliphatic carbocycles. The summed E-state index contributed by atoms with van der Waals surface area (Å²) in [6.45, 7) is 2.44. The van der Waals surface area contributed by atoms with E-state index in [2.05, 4.69) is 6.92 Å². The molecule has 0 amide bonds. The Labute approximate surface area is 111 Å². The van der Waals surface area contributed by atoms with E-state index in [1.807, 2.05) is 0 Å². The average molecular weight is 255 g/mol. The molecule has 106 valence electrons. The average Bonchev–Trinajstić information content (AvgIpc) is 2.40. The van der Waals surface area contributed by atoms with E-state index in [0.29, 0.717) is 5.92 Å². The van der Waals surface area contributed by atoms with Crippen LogP contribution >= 0.6 is 0 Å². The van der Waals surface area contributed by atoms with Crippen molar-refractivity contribution in [3.05, 3.63) is 0 Å². The Balaban J connectivity index is 2.29. The largest absolute Gasteiger partial charge is 0.481 e. The zero-order chi connectivity index (χ0) is 13.4. The number of aliphatic carboxylic acids is 1. The van der Waals surface area contributed by atoms with E-state index in [9.17, 15) is 4.79 Å². The summed E-state index contributed by atoms with van der Waals surface area (Å²) in [6.07, 6.45) is 11.3. The molecule has 1 saturated carbocycles. The molecule has 0 saturated heterocycles. The van der Waals surface area contributed by atoms with Crippen molar-refractivity contribution >= 4 is 5.97 Å². The lowest BCUT2D eigenvalue weighted by atomic mass is 9.81. The minimum absolute atomic E-state index is 0.273. The van der Waals surface area contributed by atoms with Crippen molar-refractivity contribution in [2.45, 2.75) is 64.7 Å². The summed E-state index contributed by atoms with van der Waals surface area (Å²) in [7, 11) is 0. The molecule has 0 aromatic rings. The molecule has 0 bridgehead atoms. The number of carboxylic acid groups (broad SMARTS) is 1. The van der Waals surface area contributed by atoms with Gasteiger partial charge in [-0.3, -0.25) is 4.79 Å². The minimum atomic E-state index is -0.728. The second-order valence-electron chi connectivity index (χ2n) is 5.86. The van der Waals surface area contributed by atoms with Crippen LogP contribution in [-0.4, -0.2) is 17.6 Å². The van der Waals surface area contributed by atoms with E-state index in [1.54, 1.807) is 0 Å². The molecule has 0 spiro atoms. The predicted octanol–water partition coefficient (Wildman–Crippen LogP) is 3.42. The standard InChI is InChI=1S/C15H29NO2/c1-2-12(10-14(11-16)15(17)18)8-9-13-6-4-3-5-7-13/h12-14H,2-11,16H2,1H3,(H,17,18)/t12-,14+/m0/s1. The second-order valence-corrected chi connectivity index (χ2v) is 5.86. The van der Waals surface area contributed by atoms with Gasteiger partial charge < -0.3 is 10.8 Å². The Kier molecular flexibility index (Phi) is 7.33. The number of nitrogens with two attached hydrogens (primary N) is 1. The van der Waals surface area contributed by atoms with Crippen molar-refractivity contribution in [2.75, 3.05) is 6.54 Å². The van der Waals surface area contributed by atoms with Crippen LogP contribution in [-0.2, 0) is 4.79 Å². The van der Waals surface area contributed by atoms with Crippen LogP contribution in [0.1, 0.15) is 64.7 Å². The first-order valence-electron chi connectivity index (χ1n) is 7.60. The van der Waals surface area contributed by atoms with Crippen LogP contribution in [0.4, 0.5) is 0 Å². The fourth-order valence-electron chi connectivity index (χ4n) is 3.14. The molecule has 1 fully saturated rings. The quantitative estimate of drug-likeness (QED) is 0.698. The molecule has 0 heterocycles. The van der Waals surface area contributed by atoms with Crippen molar-refractivity contribution < 1.29 is 9.90 Å². The number of carbonyl (C=O) groups is 1. The Morgan fingerprint density at radius 2 is 2.00 bits per heavy atom. The van der Waals surface area contributed by atoms with Gasteiger partial charge in [0.1, 0.15) is 0 Å². The van der Waals surface area contributed by atoms with Crippen LogP contribution in [0.25, 0.3) is 0 Å². The number of hydrogen-bond donors (Lipinski definition) is 2. The monoisotopic (exact) mass is 255 g/mol. The summed E-state index contributed by atoms with van der Waals surface area (Å²) >= 11 is 0. The molecule has 18 heavy (non-hydrogen) atoms. The molecule has 2 atom stereocenters. The van der Waals surface area contributed by atoms with Gasteiger partial charge in [-0.25, -0.2) is 0 Å². The summed E-state index contributed by atoms with van der Waals surface area (Å²) in [5, 5.41) is 9.05. The van der Waals surface area contributed by atoms with E-state index in [-0.39, 0.29) is 12.5 Å². The Bertz CT molecular complexity index is 237. The number of carboxylic acids is 1. The molecular weight excluding hydrogens is 226 g/mol. The van der Waals surface area contributed by atoms with E-state index in [4.69, 9.17) is 10.8 Å². The second kappa shape index (κ2) is 8.52. The van der Waals surface area contributed by atoms with Crippen LogP contribution in [0, 0.1) is 17.8 Å². The van der Waals surface area contributed by atoms with Gasteiger partial charge in [-0.1, -0.05) is 58.3 Å². The Morgan fingerprint density at radius 3 is 2.50 bits per heavy atom. The first kappa shape index (κ1) is 15.5. The molecule has 1 rings (SSSR count). The fourth-order valence-corrected chi connectivity index (χ4v) is 3.14. The van der Waals surface area contributed by atoms with Crippen molar-refractivity contribution in [2.24, 2.45) is 23.5 Å². The smallest absolute Gasteiger partial charge is 0.307 e. The van der Waals surface area contributed by atoms with Crippen LogP contribution in [0.15, 0.2) is 0 Å². The zero-order valence-corrected chi connectivity index (χ0v) is 11.7. The van der Waals surface area contributed by atoms with Crippen molar-refractivity contribution in [3.63, 3.8) is 0 Å². The summed E-state index contributed by atoms with van der Waals surface area (Å²) < 4.78 is 0. The van der Waals surface area contributed by atoms with E-state index >= 15 is 0 Å². The highest BCUT2D eigenvalue weighted by Gasteiger charge is 2.21. The molecule has 3 N–H and O–H groups in total. The molecule has 0 aliphatic heterocycles. The molecule has 0 radical (unpaired) electrons. The highest BCUT2D eigenvalue weighted by molar-refractivity contribution is 5.70. The molecule has 0 aromatic carbocycles. The maximum atomic E-state index is 11.0. The predicted molar refractivity (Wildman–Crippen MR) is 74.4 cm³/mol. The number of rotatable bonds is 8. The van der Waals surface area contributed by atoms with Gasteiger partial charge in [0.05, 0.1) is 5.92 Å². The van der Waals surface area contributed by atoms with Crippen LogP contribution in [0.2, 0.25) is 0 Å². The fraction of sp³-hybridized carbons (Fsp3) is 0.933. The van der Waals surface area contributed by atoms with Crippen molar-refractivity contribution in [3.8, 4) is 0 Å². The van der Waals surface area contributed by atoms with Gasteiger partial charge in [0.2, 0.25) is 0 Å². The third kappa shape index (κ3) is 5.38.